The van der Waals surface area contributed by atoms with Gasteiger partial charge >= 0.3 is 0 Å². The Kier molecular flexibility index (Phi) is 8.95. The Bertz CT molecular complexity index is 663. The van der Waals surface area contributed by atoms with Crippen molar-refractivity contribution in [2.45, 2.75) is 47.6 Å². The molecule has 1 aromatic carbocycles. The summed E-state index contributed by atoms with van der Waals surface area (Å²) < 4.78 is 4.88. The van der Waals surface area contributed by atoms with Crippen LogP contribution in [0.3, 0.4) is 0 Å². The van der Waals surface area contributed by atoms with E-state index in [4.69, 9.17) is 4.74 Å². The Balaban J connectivity index is 3.16. The van der Waals surface area contributed by atoms with Crippen molar-refractivity contribution in [1.82, 2.24) is 4.90 Å². The number of carbonyl (C=O) groups excluding carboxylic acids is 2. The van der Waals surface area contributed by atoms with Gasteiger partial charge in [0.2, 0.25) is 11.8 Å². The summed E-state index contributed by atoms with van der Waals surface area (Å²) in [5.41, 5.74) is 2.67. The molecule has 1 N–H and O–H groups in total. The van der Waals surface area contributed by atoms with Crippen molar-refractivity contribution in [2.24, 2.45) is 11.3 Å². The molecule has 6 nitrogen and oxygen atoms in total. The van der Waals surface area contributed by atoms with Gasteiger partial charge < -0.3 is 19.9 Å². The van der Waals surface area contributed by atoms with Crippen molar-refractivity contribution in [3.05, 3.63) is 23.8 Å². The Morgan fingerprint density at radius 2 is 1.82 bits per heavy atom. The number of nitrogens with zero attached hydrogens (tertiary/aromatic N) is 2. The third-order valence-corrected chi connectivity index (χ3v) is 4.10. The molecule has 6 heteroatoms. The lowest BCUT2D eigenvalue weighted by molar-refractivity contribution is -0.134. The van der Waals surface area contributed by atoms with Gasteiger partial charge in [-0.05, 0) is 35.1 Å². The first-order chi connectivity index (χ1) is 12.9. The molecule has 0 spiro atoms. The van der Waals surface area contributed by atoms with E-state index in [-0.39, 0.29) is 23.8 Å². The molecule has 0 radical (unpaired) electrons. The van der Waals surface area contributed by atoms with E-state index in [2.05, 4.69) is 39.9 Å². The number of carbonyl (C=O) groups is 2. The van der Waals surface area contributed by atoms with Crippen molar-refractivity contribution < 1.29 is 14.3 Å². The zero-order valence-corrected chi connectivity index (χ0v) is 18.8. The third kappa shape index (κ3) is 8.30. The van der Waals surface area contributed by atoms with Gasteiger partial charge in [-0.3, -0.25) is 9.59 Å². The molecule has 0 fully saturated rings. The molecule has 0 atom stereocenters. The number of amides is 2. The van der Waals surface area contributed by atoms with Crippen molar-refractivity contribution >= 4 is 23.2 Å². The highest BCUT2D eigenvalue weighted by Crippen LogP contribution is 2.27. The van der Waals surface area contributed by atoms with E-state index in [1.165, 1.54) is 7.11 Å². The van der Waals surface area contributed by atoms with Crippen molar-refractivity contribution in [3.63, 3.8) is 0 Å². The Morgan fingerprint density at radius 3 is 2.32 bits per heavy atom. The van der Waals surface area contributed by atoms with E-state index in [0.29, 0.717) is 31.1 Å². The largest absolute Gasteiger partial charge is 0.377 e. The number of nitrogens with one attached hydrogen (secondary N) is 1. The number of hydrogen-bond acceptors (Lipinski definition) is 4. The third-order valence-electron chi connectivity index (χ3n) is 4.10. The van der Waals surface area contributed by atoms with E-state index in [9.17, 15) is 9.59 Å². The quantitative estimate of drug-likeness (QED) is 0.696. The number of anilines is 2. The Hall–Kier alpha value is -2.08. The lowest BCUT2D eigenvalue weighted by atomic mass is 9.91. The first kappa shape index (κ1) is 24.0. The molecule has 0 aliphatic carbocycles. The average Bonchev–Trinajstić information content (AvgIpc) is 2.52. The number of hydrogen-bond donors (Lipinski definition) is 1. The highest BCUT2D eigenvalue weighted by Gasteiger charge is 2.23. The van der Waals surface area contributed by atoms with Gasteiger partial charge in [0, 0.05) is 52.1 Å². The molecule has 0 aliphatic rings. The lowest BCUT2D eigenvalue weighted by Crippen LogP contribution is -2.36. The molecule has 0 saturated heterocycles. The second-order valence-corrected chi connectivity index (χ2v) is 9.12. The topological polar surface area (TPSA) is 61.9 Å². The minimum atomic E-state index is -0.200. The average molecular weight is 392 g/mol. The van der Waals surface area contributed by atoms with Crippen molar-refractivity contribution in [2.75, 3.05) is 44.6 Å². The highest BCUT2D eigenvalue weighted by atomic mass is 16.5. The molecule has 28 heavy (non-hydrogen) atoms. The number of benzene rings is 1. The van der Waals surface area contributed by atoms with Crippen LogP contribution in [-0.2, 0) is 20.9 Å². The van der Waals surface area contributed by atoms with E-state index >= 15 is 0 Å². The summed E-state index contributed by atoms with van der Waals surface area (Å²) in [6.45, 7) is 11.7. The summed E-state index contributed by atoms with van der Waals surface area (Å²) in [6, 6.07) is 5.79. The fourth-order valence-corrected chi connectivity index (χ4v) is 3.02. The summed E-state index contributed by atoms with van der Waals surface area (Å²) in [5, 5.41) is 2.84. The van der Waals surface area contributed by atoms with Crippen LogP contribution in [0.1, 0.15) is 46.6 Å². The fourth-order valence-electron chi connectivity index (χ4n) is 3.02. The van der Waals surface area contributed by atoms with Gasteiger partial charge in [0.25, 0.3) is 0 Å². The van der Waals surface area contributed by atoms with Gasteiger partial charge in [-0.15, -0.1) is 0 Å². The molecule has 0 heterocycles. The standard InChI is InChI=1S/C22H37N3O3/c1-16(2)13-25(21(27)12-22(3,4)5)14-17-11-18(23-20(26)15-28-8)9-10-19(17)24(6)7/h9-11,16H,12-15H2,1-8H3,(H,23,26). The summed E-state index contributed by atoms with van der Waals surface area (Å²) in [5.74, 6) is 0.324. The number of ether oxygens (including phenoxy) is 1. The monoisotopic (exact) mass is 391 g/mol. The van der Waals surface area contributed by atoms with Crippen LogP contribution in [0.4, 0.5) is 11.4 Å². The van der Waals surface area contributed by atoms with Crippen molar-refractivity contribution in [3.8, 4) is 0 Å². The smallest absolute Gasteiger partial charge is 0.250 e. The molecule has 0 unspecified atom stereocenters. The maximum atomic E-state index is 13.0. The van der Waals surface area contributed by atoms with Gasteiger partial charge in [-0.2, -0.15) is 0 Å². The molecule has 2 amide bonds. The molecular formula is C22H37N3O3. The first-order valence-electron chi connectivity index (χ1n) is 9.79. The molecular weight excluding hydrogens is 354 g/mol. The zero-order valence-electron chi connectivity index (χ0n) is 18.8. The summed E-state index contributed by atoms with van der Waals surface area (Å²) in [4.78, 5) is 28.8. The predicted molar refractivity (Wildman–Crippen MR) is 116 cm³/mol. The minimum Gasteiger partial charge on any atom is -0.377 e. The molecule has 0 bridgehead atoms. The maximum absolute atomic E-state index is 13.0. The van der Waals surface area contributed by atoms with Gasteiger partial charge in [-0.1, -0.05) is 34.6 Å². The maximum Gasteiger partial charge on any atom is 0.250 e. The van der Waals surface area contributed by atoms with Crippen LogP contribution in [0.15, 0.2) is 18.2 Å². The Morgan fingerprint density at radius 1 is 1.18 bits per heavy atom. The first-order valence-corrected chi connectivity index (χ1v) is 9.79. The van der Waals surface area contributed by atoms with Crippen LogP contribution in [-0.4, -0.2) is 51.1 Å². The summed E-state index contributed by atoms with van der Waals surface area (Å²) in [6.07, 6.45) is 0.501. The van der Waals surface area contributed by atoms with Crippen LogP contribution in [0.2, 0.25) is 0 Å². The summed E-state index contributed by atoms with van der Waals surface area (Å²) >= 11 is 0. The van der Waals surface area contributed by atoms with Gasteiger partial charge in [0.05, 0.1) is 0 Å². The van der Waals surface area contributed by atoms with E-state index in [1.807, 2.05) is 42.1 Å². The van der Waals surface area contributed by atoms with Gasteiger partial charge in [0.15, 0.2) is 0 Å². The van der Waals surface area contributed by atoms with Crippen LogP contribution < -0.4 is 10.2 Å². The molecule has 0 aliphatic heterocycles. The second kappa shape index (κ2) is 10.5. The highest BCUT2D eigenvalue weighted by molar-refractivity contribution is 5.92. The fraction of sp³-hybridized carbons (Fsp3) is 0.636. The van der Waals surface area contributed by atoms with Gasteiger partial charge in [0.1, 0.15) is 6.61 Å². The number of rotatable bonds is 9. The van der Waals surface area contributed by atoms with Crippen LogP contribution in [0, 0.1) is 11.3 Å². The van der Waals surface area contributed by atoms with E-state index in [1.54, 1.807) is 0 Å². The SMILES string of the molecule is COCC(=O)Nc1ccc(N(C)C)c(CN(CC(C)C)C(=O)CC(C)(C)C)c1. The van der Waals surface area contributed by atoms with Crippen LogP contribution >= 0.6 is 0 Å². The normalized spacial score (nSPS) is 11.5. The van der Waals surface area contributed by atoms with Gasteiger partial charge in [-0.25, -0.2) is 0 Å². The zero-order chi connectivity index (χ0) is 21.5. The molecule has 1 rings (SSSR count). The molecule has 158 valence electrons. The summed E-state index contributed by atoms with van der Waals surface area (Å²) in [7, 11) is 5.45. The Labute approximate surface area is 170 Å². The predicted octanol–water partition coefficient (Wildman–Crippen LogP) is 3.76. The minimum absolute atomic E-state index is 0.00824. The second-order valence-electron chi connectivity index (χ2n) is 9.12. The van der Waals surface area contributed by atoms with E-state index < -0.39 is 0 Å². The number of methoxy groups -OCH3 is 1. The lowest BCUT2D eigenvalue weighted by Gasteiger charge is -2.30. The molecule has 0 aromatic heterocycles. The molecule has 0 saturated carbocycles. The van der Waals surface area contributed by atoms with Crippen LogP contribution in [0.25, 0.3) is 0 Å². The van der Waals surface area contributed by atoms with Crippen LogP contribution in [0.5, 0.6) is 0 Å². The van der Waals surface area contributed by atoms with E-state index in [0.717, 1.165) is 11.3 Å². The molecule has 1 aromatic rings. The van der Waals surface area contributed by atoms with Crippen molar-refractivity contribution in [1.29, 1.82) is 0 Å².